The van der Waals surface area contributed by atoms with Crippen LogP contribution in [0.3, 0.4) is 0 Å². The molecule has 0 radical (unpaired) electrons. The van der Waals surface area contributed by atoms with Crippen molar-refractivity contribution in [2.45, 2.75) is 6.92 Å². The smallest absolute Gasteiger partial charge is 0.341 e. The van der Waals surface area contributed by atoms with Gasteiger partial charge in [-0.1, -0.05) is 47.5 Å². The van der Waals surface area contributed by atoms with Crippen LogP contribution in [0.4, 0.5) is 5.00 Å². The Balaban J connectivity index is 1.94. The van der Waals surface area contributed by atoms with Gasteiger partial charge in [0.2, 0.25) is 5.91 Å². The topological polar surface area (TPSA) is 55.4 Å². The number of thiophene rings is 1. The zero-order chi connectivity index (χ0) is 21.0. The van der Waals surface area contributed by atoms with Gasteiger partial charge >= 0.3 is 5.97 Å². The first-order valence-corrected chi connectivity index (χ1v) is 10.2. The van der Waals surface area contributed by atoms with Crippen molar-refractivity contribution in [1.29, 1.82) is 0 Å². The molecule has 0 unspecified atom stereocenters. The third-order valence-electron chi connectivity index (χ3n) is 4.10. The van der Waals surface area contributed by atoms with Crippen LogP contribution in [0.5, 0.6) is 0 Å². The van der Waals surface area contributed by atoms with E-state index in [1.165, 1.54) is 24.5 Å². The lowest BCUT2D eigenvalue weighted by molar-refractivity contribution is -0.111. The number of carbonyl (C=O) groups is 2. The molecule has 0 fully saturated rings. The number of rotatable bonds is 5. The molecule has 3 rings (SSSR count). The predicted octanol–water partition coefficient (Wildman–Crippen LogP) is 6.47. The van der Waals surface area contributed by atoms with Crippen LogP contribution in [0.15, 0.2) is 54.6 Å². The van der Waals surface area contributed by atoms with Crippen LogP contribution < -0.4 is 5.32 Å². The molecule has 0 aliphatic carbocycles. The number of methoxy groups -OCH3 is 1. The highest BCUT2D eigenvalue weighted by molar-refractivity contribution is 7.17. The van der Waals surface area contributed by atoms with Crippen LogP contribution in [0.1, 0.15) is 20.8 Å². The SMILES string of the molecule is COC(=O)c1c(NC(=O)/C=C/c2cccc(Cl)c2)sc(C)c1-c1cccc(Cl)c1. The Bertz CT molecular complexity index is 1110. The third kappa shape index (κ3) is 5.07. The van der Waals surface area contributed by atoms with E-state index in [0.717, 1.165) is 16.0 Å². The van der Waals surface area contributed by atoms with Crippen LogP contribution >= 0.6 is 34.5 Å². The lowest BCUT2D eigenvalue weighted by Crippen LogP contribution is -2.11. The maximum Gasteiger partial charge on any atom is 0.341 e. The van der Waals surface area contributed by atoms with Gasteiger partial charge in [0.25, 0.3) is 0 Å². The maximum atomic E-state index is 12.5. The van der Waals surface area contributed by atoms with Crippen molar-refractivity contribution in [3.63, 3.8) is 0 Å². The molecule has 0 saturated carbocycles. The van der Waals surface area contributed by atoms with Gasteiger partial charge in [0.15, 0.2) is 0 Å². The molecular weight excluding hydrogens is 429 g/mol. The summed E-state index contributed by atoms with van der Waals surface area (Å²) in [5, 5.41) is 4.34. The van der Waals surface area contributed by atoms with Gasteiger partial charge in [-0.3, -0.25) is 4.79 Å². The number of benzene rings is 2. The van der Waals surface area contributed by atoms with Gasteiger partial charge in [0, 0.05) is 26.6 Å². The first-order chi connectivity index (χ1) is 13.9. The minimum Gasteiger partial charge on any atom is -0.465 e. The lowest BCUT2D eigenvalue weighted by Gasteiger charge is -2.07. The van der Waals surface area contributed by atoms with Crippen LogP contribution in [0.2, 0.25) is 10.0 Å². The summed E-state index contributed by atoms with van der Waals surface area (Å²) in [4.78, 5) is 25.8. The van der Waals surface area contributed by atoms with E-state index in [1.807, 2.05) is 25.1 Å². The molecule has 7 heteroatoms. The fourth-order valence-corrected chi connectivity index (χ4v) is 4.31. The van der Waals surface area contributed by atoms with Crippen molar-refractivity contribution >= 4 is 57.5 Å². The van der Waals surface area contributed by atoms with Gasteiger partial charge in [-0.05, 0) is 48.4 Å². The minimum atomic E-state index is -0.529. The fraction of sp³-hybridized carbons (Fsp3) is 0.0909. The van der Waals surface area contributed by atoms with Crippen molar-refractivity contribution < 1.29 is 14.3 Å². The number of carbonyl (C=O) groups excluding carboxylic acids is 2. The summed E-state index contributed by atoms with van der Waals surface area (Å²) in [7, 11) is 1.31. The van der Waals surface area contributed by atoms with E-state index < -0.39 is 5.97 Å². The van der Waals surface area contributed by atoms with Crippen molar-refractivity contribution in [3.05, 3.63) is 80.7 Å². The van der Waals surface area contributed by atoms with Gasteiger partial charge in [-0.2, -0.15) is 0 Å². The van der Waals surface area contributed by atoms with Gasteiger partial charge in [-0.15, -0.1) is 11.3 Å². The van der Waals surface area contributed by atoms with E-state index >= 15 is 0 Å². The quantitative estimate of drug-likeness (QED) is 0.361. The first kappa shape index (κ1) is 21.1. The molecule has 148 valence electrons. The Hall–Kier alpha value is -2.60. The zero-order valence-corrected chi connectivity index (χ0v) is 18.0. The summed E-state index contributed by atoms with van der Waals surface area (Å²) < 4.78 is 4.96. The number of nitrogens with one attached hydrogen (secondary N) is 1. The second kappa shape index (κ2) is 9.27. The summed E-state index contributed by atoms with van der Waals surface area (Å²) in [5.41, 5.74) is 2.57. The average molecular weight is 446 g/mol. The summed E-state index contributed by atoms with van der Waals surface area (Å²) in [6.45, 7) is 1.88. The predicted molar refractivity (Wildman–Crippen MR) is 120 cm³/mol. The normalized spacial score (nSPS) is 10.9. The molecule has 0 aliphatic rings. The van der Waals surface area contributed by atoms with E-state index in [1.54, 1.807) is 36.4 Å². The highest BCUT2D eigenvalue weighted by Crippen LogP contribution is 2.41. The fourth-order valence-electron chi connectivity index (χ4n) is 2.86. The molecule has 0 bridgehead atoms. The molecule has 3 aromatic rings. The maximum absolute atomic E-state index is 12.5. The average Bonchev–Trinajstić information content (AvgIpc) is 3.01. The van der Waals surface area contributed by atoms with Crippen LogP contribution in [-0.2, 0) is 9.53 Å². The molecular formula is C22H17Cl2NO3S. The molecule has 0 aliphatic heterocycles. The van der Waals surface area contributed by atoms with Gasteiger partial charge < -0.3 is 10.1 Å². The van der Waals surface area contributed by atoms with Crippen LogP contribution in [0, 0.1) is 6.92 Å². The van der Waals surface area contributed by atoms with Crippen molar-refractivity contribution in [1.82, 2.24) is 0 Å². The summed E-state index contributed by atoms with van der Waals surface area (Å²) in [6, 6.07) is 14.3. The number of amides is 1. The molecule has 1 N–H and O–H groups in total. The molecule has 0 atom stereocenters. The van der Waals surface area contributed by atoms with Gasteiger partial charge in [0.05, 0.1) is 7.11 Å². The van der Waals surface area contributed by atoms with E-state index in [2.05, 4.69) is 5.32 Å². The lowest BCUT2D eigenvalue weighted by atomic mass is 10.0. The minimum absolute atomic E-state index is 0.307. The zero-order valence-electron chi connectivity index (χ0n) is 15.7. The Morgan fingerprint density at radius 3 is 2.41 bits per heavy atom. The summed E-state index contributed by atoms with van der Waals surface area (Å²) in [5.74, 6) is -0.896. The first-order valence-electron chi connectivity index (χ1n) is 8.61. The van der Waals surface area contributed by atoms with E-state index in [-0.39, 0.29) is 5.91 Å². The van der Waals surface area contributed by atoms with Gasteiger partial charge in [0.1, 0.15) is 10.6 Å². The molecule has 1 amide bonds. The number of hydrogen-bond acceptors (Lipinski definition) is 4. The standard InChI is InChI=1S/C22H17Cl2NO3S/c1-13-19(15-6-4-8-17(24)12-15)20(22(27)28-2)21(29-13)25-18(26)10-9-14-5-3-7-16(23)11-14/h3-12H,1-2H3,(H,25,26)/b10-9+. The summed E-state index contributed by atoms with van der Waals surface area (Å²) in [6.07, 6.45) is 3.04. The van der Waals surface area contributed by atoms with E-state index in [4.69, 9.17) is 27.9 Å². The highest BCUT2D eigenvalue weighted by atomic mass is 35.5. The number of esters is 1. The number of halogens is 2. The highest BCUT2D eigenvalue weighted by Gasteiger charge is 2.24. The Labute approximate surface area is 182 Å². The number of aryl methyl sites for hydroxylation is 1. The Kier molecular flexibility index (Phi) is 6.75. The molecule has 1 aromatic heterocycles. The van der Waals surface area contributed by atoms with Crippen molar-refractivity contribution in [3.8, 4) is 11.1 Å². The Morgan fingerprint density at radius 2 is 1.76 bits per heavy atom. The van der Waals surface area contributed by atoms with Crippen LogP contribution in [0.25, 0.3) is 17.2 Å². The monoisotopic (exact) mass is 445 g/mol. The molecule has 0 spiro atoms. The van der Waals surface area contributed by atoms with Crippen molar-refractivity contribution in [2.24, 2.45) is 0 Å². The third-order valence-corrected chi connectivity index (χ3v) is 5.59. The van der Waals surface area contributed by atoms with Crippen LogP contribution in [-0.4, -0.2) is 19.0 Å². The molecule has 2 aromatic carbocycles. The summed E-state index contributed by atoms with van der Waals surface area (Å²) >= 11 is 13.4. The number of anilines is 1. The number of hydrogen-bond donors (Lipinski definition) is 1. The van der Waals surface area contributed by atoms with E-state index in [9.17, 15) is 9.59 Å². The second-order valence-corrected chi connectivity index (χ2v) is 8.21. The largest absolute Gasteiger partial charge is 0.465 e. The van der Waals surface area contributed by atoms with E-state index in [0.29, 0.717) is 26.2 Å². The van der Waals surface area contributed by atoms with Gasteiger partial charge in [-0.25, -0.2) is 4.79 Å². The molecule has 4 nitrogen and oxygen atoms in total. The number of ether oxygens (including phenoxy) is 1. The second-order valence-electron chi connectivity index (χ2n) is 6.12. The molecule has 29 heavy (non-hydrogen) atoms. The van der Waals surface area contributed by atoms with Crippen molar-refractivity contribution in [2.75, 3.05) is 12.4 Å². The Morgan fingerprint density at radius 1 is 1.07 bits per heavy atom. The molecule has 0 saturated heterocycles. The molecule has 1 heterocycles.